The SMILES string of the molecule is CC(C)(Cc1ccc2ccccc2c1)NC[C@@H](O)COC(c1ccc(C(N)=O)s1)C1CC1. The quantitative estimate of drug-likeness (QED) is 0.402. The van der Waals surface area contributed by atoms with Crippen LogP contribution < -0.4 is 11.1 Å². The molecule has 4 rings (SSSR count). The smallest absolute Gasteiger partial charge is 0.258 e. The highest BCUT2D eigenvalue weighted by molar-refractivity contribution is 7.14. The van der Waals surface area contributed by atoms with Crippen molar-refractivity contribution >= 4 is 28.0 Å². The van der Waals surface area contributed by atoms with Crippen LogP contribution in [0.1, 0.15) is 52.9 Å². The normalized spacial score (nSPS) is 16.2. The van der Waals surface area contributed by atoms with E-state index in [0.29, 0.717) is 17.3 Å². The highest BCUT2D eigenvalue weighted by Crippen LogP contribution is 2.45. The van der Waals surface area contributed by atoms with Crippen molar-refractivity contribution < 1.29 is 14.6 Å². The van der Waals surface area contributed by atoms with Gasteiger partial charge >= 0.3 is 0 Å². The molecule has 0 aliphatic heterocycles. The Morgan fingerprint density at radius 3 is 2.62 bits per heavy atom. The van der Waals surface area contributed by atoms with Gasteiger partial charge in [0.15, 0.2) is 0 Å². The fraction of sp³-hybridized carbons (Fsp3) is 0.423. The lowest BCUT2D eigenvalue weighted by Crippen LogP contribution is -2.46. The number of fused-ring (bicyclic) bond motifs is 1. The molecule has 32 heavy (non-hydrogen) atoms. The van der Waals surface area contributed by atoms with Crippen LogP contribution in [0.3, 0.4) is 0 Å². The van der Waals surface area contributed by atoms with Gasteiger partial charge in [0.1, 0.15) is 0 Å². The first-order chi connectivity index (χ1) is 15.3. The van der Waals surface area contributed by atoms with E-state index in [2.05, 4.69) is 61.6 Å². The Kier molecular flexibility index (Phi) is 6.96. The van der Waals surface area contributed by atoms with Crippen LogP contribution >= 0.6 is 11.3 Å². The van der Waals surface area contributed by atoms with Crippen LogP contribution in [0.2, 0.25) is 0 Å². The van der Waals surface area contributed by atoms with Crippen LogP contribution in [0.15, 0.2) is 54.6 Å². The molecular formula is C26H32N2O3S. The van der Waals surface area contributed by atoms with Crippen LogP contribution in [0.25, 0.3) is 10.8 Å². The molecule has 3 aromatic rings. The number of β-amino-alcohol motifs (C(OH)–C–C–N with tert-alkyl or cyclic N) is 1. The number of hydrogen-bond donors (Lipinski definition) is 3. The summed E-state index contributed by atoms with van der Waals surface area (Å²) in [5.41, 5.74) is 6.49. The molecule has 1 heterocycles. The molecule has 170 valence electrons. The molecule has 5 nitrogen and oxygen atoms in total. The monoisotopic (exact) mass is 452 g/mol. The third-order valence-electron chi connectivity index (χ3n) is 5.94. The molecule has 1 unspecified atom stereocenters. The van der Waals surface area contributed by atoms with E-state index in [1.807, 2.05) is 6.07 Å². The van der Waals surface area contributed by atoms with Crippen molar-refractivity contribution in [3.8, 4) is 0 Å². The molecule has 2 aromatic carbocycles. The van der Waals surface area contributed by atoms with Crippen molar-refractivity contribution in [3.05, 3.63) is 69.9 Å². The molecule has 1 saturated carbocycles. The third-order valence-corrected chi connectivity index (χ3v) is 7.11. The maximum atomic E-state index is 11.4. The number of primary amides is 1. The van der Waals surface area contributed by atoms with E-state index >= 15 is 0 Å². The largest absolute Gasteiger partial charge is 0.389 e. The summed E-state index contributed by atoms with van der Waals surface area (Å²) in [6, 6.07) is 18.6. The number of nitrogens with two attached hydrogens (primary N) is 1. The summed E-state index contributed by atoms with van der Waals surface area (Å²) in [5, 5.41) is 16.5. The summed E-state index contributed by atoms with van der Waals surface area (Å²) >= 11 is 1.39. The lowest BCUT2D eigenvalue weighted by Gasteiger charge is -2.28. The molecule has 1 amide bonds. The molecule has 1 aromatic heterocycles. The predicted molar refractivity (Wildman–Crippen MR) is 130 cm³/mol. The van der Waals surface area contributed by atoms with Crippen molar-refractivity contribution in [2.24, 2.45) is 11.7 Å². The van der Waals surface area contributed by atoms with Gasteiger partial charge < -0.3 is 20.9 Å². The van der Waals surface area contributed by atoms with Crippen molar-refractivity contribution in [1.29, 1.82) is 0 Å². The maximum absolute atomic E-state index is 11.4. The highest BCUT2D eigenvalue weighted by Gasteiger charge is 2.35. The van der Waals surface area contributed by atoms with Crippen molar-refractivity contribution in [2.45, 2.75) is 50.9 Å². The number of thiophene rings is 1. The van der Waals surface area contributed by atoms with Gasteiger partial charge in [-0.25, -0.2) is 0 Å². The second-order valence-electron chi connectivity index (χ2n) is 9.43. The van der Waals surface area contributed by atoms with Gasteiger partial charge in [-0.05, 0) is 67.5 Å². The molecular weight excluding hydrogens is 420 g/mol. The van der Waals surface area contributed by atoms with Gasteiger partial charge in [-0.1, -0.05) is 42.5 Å². The number of ether oxygens (including phenoxy) is 1. The fourth-order valence-electron chi connectivity index (χ4n) is 4.08. The zero-order valence-electron chi connectivity index (χ0n) is 18.7. The summed E-state index contributed by atoms with van der Waals surface area (Å²) < 4.78 is 6.11. The molecule has 6 heteroatoms. The highest BCUT2D eigenvalue weighted by atomic mass is 32.1. The molecule has 0 saturated heterocycles. The van der Waals surface area contributed by atoms with Gasteiger partial charge in [0.05, 0.1) is 23.7 Å². The minimum absolute atomic E-state index is 0.0756. The fourth-order valence-corrected chi connectivity index (χ4v) is 5.08. The first kappa shape index (κ1) is 22.9. The summed E-state index contributed by atoms with van der Waals surface area (Å²) in [5.74, 6) is 0.0487. The van der Waals surface area contributed by atoms with Crippen LogP contribution in [-0.2, 0) is 11.2 Å². The summed E-state index contributed by atoms with van der Waals surface area (Å²) in [6.07, 6.45) is 2.40. The van der Waals surface area contributed by atoms with Gasteiger partial charge in [0, 0.05) is 17.0 Å². The van der Waals surface area contributed by atoms with Gasteiger partial charge in [-0.3, -0.25) is 4.79 Å². The zero-order valence-corrected chi connectivity index (χ0v) is 19.5. The second kappa shape index (κ2) is 9.71. The lowest BCUT2D eigenvalue weighted by molar-refractivity contribution is -0.0196. The van der Waals surface area contributed by atoms with Gasteiger partial charge in [0.25, 0.3) is 5.91 Å². The maximum Gasteiger partial charge on any atom is 0.258 e. The summed E-state index contributed by atoms with van der Waals surface area (Å²) in [4.78, 5) is 13.0. The van der Waals surface area contributed by atoms with Crippen LogP contribution in [0.4, 0.5) is 0 Å². The van der Waals surface area contributed by atoms with Gasteiger partial charge in [0.2, 0.25) is 0 Å². The van der Waals surface area contributed by atoms with Gasteiger partial charge in [-0.15, -0.1) is 11.3 Å². The zero-order chi connectivity index (χ0) is 22.7. The molecule has 0 spiro atoms. The standard InChI is InChI=1S/C26H32N2O3S/c1-26(2,14-17-7-8-18-5-3-4-6-20(18)13-17)28-15-21(29)16-31-24(19-9-10-19)22-11-12-23(32-22)25(27)30/h3-8,11-13,19,21,24,28-29H,9-10,14-16H2,1-2H3,(H2,27,30)/t21-,24?/m1/s1. The van der Waals surface area contributed by atoms with Crippen LogP contribution in [-0.4, -0.2) is 35.8 Å². The second-order valence-corrected chi connectivity index (χ2v) is 10.5. The number of hydrogen-bond acceptors (Lipinski definition) is 5. The number of rotatable bonds is 11. The average molecular weight is 453 g/mol. The minimum atomic E-state index is -0.609. The third kappa shape index (κ3) is 5.95. The Morgan fingerprint density at radius 1 is 1.19 bits per heavy atom. The van der Waals surface area contributed by atoms with Crippen molar-refractivity contribution in [2.75, 3.05) is 13.2 Å². The molecule has 0 bridgehead atoms. The molecule has 4 N–H and O–H groups in total. The summed E-state index contributed by atoms with van der Waals surface area (Å²) in [6.45, 7) is 5.01. The molecule has 1 aliphatic carbocycles. The Labute approximate surface area is 193 Å². The van der Waals surface area contributed by atoms with E-state index in [9.17, 15) is 9.90 Å². The van der Waals surface area contributed by atoms with Gasteiger partial charge in [-0.2, -0.15) is 0 Å². The molecule has 1 fully saturated rings. The minimum Gasteiger partial charge on any atom is -0.389 e. The number of amides is 1. The Hall–Kier alpha value is -2.25. The topological polar surface area (TPSA) is 84.6 Å². The van der Waals surface area contributed by atoms with E-state index in [1.54, 1.807) is 6.07 Å². The van der Waals surface area contributed by atoms with Crippen molar-refractivity contribution in [1.82, 2.24) is 5.32 Å². The summed E-state index contributed by atoms with van der Waals surface area (Å²) in [7, 11) is 0. The first-order valence-corrected chi connectivity index (χ1v) is 12.0. The number of nitrogens with one attached hydrogen (secondary N) is 1. The van der Waals surface area contributed by atoms with Crippen molar-refractivity contribution in [3.63, 3.8) is 0 Å². The average Bonchev–Trinajstić information content (AvgIpc) is 3.47. The van der Waals surface area contributed by atoms with Crippen LogP contribution in [0.5, 0.6) is 0 Å². The molecule has 2 atom stereocenters. The predicted octanol–water partition coefficient (Wildman–Crippen LogP) is 4.44. The van der Waals surface area contributed by atoms with E-state index in [4.69, 9.17) is 10.5 Å². The number of carbonyl (C=O) groups is 1. The molecule has 1 aliphatic rings. The van der Waals surface area contributed by atoms with Crippen LogP contribution in [0, 0.1) is 5.92 Å². The van der Waals surface area contributed by atoms with E-state index in [-0.39, 0.29) is 18.2 Å². The first-order valence-electron chi connectivity index (χ1n) is 11.2. The van der Waals surface area contributed by atoms with E-state index < -0.39 is 12.0 Å². The number of carbonyl (C=O) groups excluding carboxylic acids is 1. The molecule has 0 radical (unpaired) electrons. The number of aliphatic hydroxyl groups excluding tert-OH is 1. The number of aliphatic hydroxyl groups is 1. The Balaban J connectivity index is 1.28. The van der Waals surface area contributed by atoms with E-state index in [0.717, 1.165) is 24.1 Å². The lowest BCUT2D eigenvalue weighted by atomic mass is 9.93. The van der Waals surface area contributed by atoms with E-state index in [1.165, 1.54) is 27.7 Å². The number of benzene rings is 2. The Bertz CT molecular complexity index is 1070. The Morgan fingerprint density at radius 2 is 1.94 bits per heavy atom.